The number of carbonyl (C=O) groups is 2. The highest BCUT2D eigenvalue weighted by Crippen LogP contribution is 2.25. The normalized spacial score (nSPS) is 24.7. The summed E-state index contributed by atoms with van der Waals surface area (Å²) in [5.74, 6) is -0.772. The van der Waals surface area contributed by atoms with E-state index in [1.807, 2.05) is 0 Å². The van der Waals surface area contributed by atoms with Crippen molar-refractivity contribution in [3.8, 4) is 0 Å². The van der Waals surface area contributed by atoms with Gasteiger partial charge in [0, 0.05) is 0 Å². The van der Waals surface area contributed by atoms with Gasteiger partial charge in [0.25, 0.3) is 5.91 Å². The van der Waals surface area contributed by atoms with Crippen LogP contribution in [0.4, 0.5) is 0 Å². The van der Waals surface area contributed by atoms with E-state index in [9.17, 15) is 9.59 Å². The number of cyclic esters (lactones) is 1. The van der Waals surface area contributed by atoms with Crippen LogP contribution in [0.1, 0.15) is 13.8 Å². The summed E-state index contributed by atoms with van der Waals surface area (Å²) in [6.45, 7) is 3.99. The summed E-state index contributed by atoms with van der Waals surface area (Å²) in [7, 11) is 0. The molecule has 5 nitrogen and oxygen atoms in total. The molecule has 2 heterocycles. The second-order valence-corrected chi connectivity index (χ2v) is 3.93. The van der Waals surface area contributed by atoms with Gasteiger partial charge in [0.1, 0.15) is 17.8 Å². The molecule has 0 unspecified atom stereocenters. The Morgan fingerprint density at radius 2 is 2.07 bits per heavy atom. The zero-order valence-corrected chi connectivity index (χ0v) is 8.05. The second-order valence-electron chi connectivity index (χ2n) is 3.93. The van der Waals surface area contributed by atoms with Gasteiger partial charge in [0.05, 0.1) is 6.54 Å². The molecular formula is C9H11NO4. The number of esters is 1. The first kappa shape index (κ1) is 9.05. The summed E-state index contributed by atoms with van der Waals surface area (Å²) in [6, 6.07) is 0. The minimum absolute atomic E-state index is 0.0100. The molecule has 14 heavy (non-hydrogen) atoms. The van der Waals surface area contributed by atoms with Gasteiger partial charge in [0.15, 0.2) is 0 Å². The average Bonchev–Trinajstić information content (AvgIpc) is 2.38. The van der Waals surface area contributed by atoms with Gasteiger partial charge in [-0.25, -0.2) is 4.79 Å². The molecule has 0 atom stereocenters. The molecule has 0 fully saturated rings. The Hall–Kier alpha value is -1.52. The first-order chi connectivity index (χ1) is 6.49. The van der Waals surface area contributed by atoms with E-state index in [2.05, 4.69) is 5.32 Å². The van der Waals surface area contributed by atoms with Gasteiger partial charge in [-0.05, 0) is 13.8 Å². The number of nitrogens with one attached hydrogen (secondary N) is 1. The number of hydrogen-bond acceptors (Lipinski definition) is 4. The Labute approximate surface area is 81.1 Å². The predicted octanol–water partition coefficient (Wildman–Crippen LogP) is -0.278. The molecule has 0 saturated heterocycles. The molecule has 2 rings (SSSR count). The fourth-order valence-electron chi connectivity index (χ4n) is 1.38. The number of ether oxygens (including phenoxy) is 2. The van der Waals surface area contributed by atoms with E-state index >= 15 is 0 Å². The van der Waals surface area contributed by atoms with Crippen molar-refractivity contribution in [1.29, 1.82) is 0 Å². The topological polar surface area (TPSA) is 64.6 Å². The van der Waals surface area contributed by atoms with Crippen LogP contribution in [0.2, 0.25) is 0 Å². The molecular weight excluding hydrogens is 186 g/mol. The molecule has 5 heteroatoms. The lowest BCUT2D eigenvalue weighted by atomic mass is 10.1. The maximum atomic E-state index is 11.4. The standard InChI is InChI=1S/C9H11NO4/c1-9(2)4-10-7(11)5-3-13-8(12)6(5)14-9/h3-4H2,1-2H3,(H,10,11). The summed E-state index contributed by atoms with van der Waals surface area (Å²) in [5.41, 5.74) is -0.281. The number of amides is 1. The first-order valence-electron chi connectivity index (χ1n) is 4.37. The number of rotatable bonds is 0. The van der Waals surface area contributed by atoms with Crippen LogP contribution in [0.5, 0.6) is 0 Å². The predicted molar refractivity (Wildman–Crippen MR) is 46.2 cm³/mol. The smallest absolute Gasteiger partial charge is 0.374 e. The Morgan fingerprint density at radius 3 is 2.79 bits per heavy atom. The molecule has 0 saturated carbocycles. The van der Waals surface area contributed by atoms with Crippen LogP contribution < -0.4 is 5.32 Å². The highest BCUT2D eigenvalue weighted by Gasteiger charge is 2.38. The van der Waals surface area contributed by atoms with Gasteiger partial charge in [-0.15, -0.1) is 0 Å². The molecule has 2 aliphatic heterocycles. The van der Waals surface area contributed by atoms with E-state index < -0.39 is 11.6 Å². The molecule has 0 bridgehead atoms. The van der Waals surface area contributed by atoms with E-state index in [-0.39, 0.29) is 18.3 Å². The van der Waals surface area contributed by atoms with Crippen molar-refractivity contribution < 1.29 is 19.1 Å². The fraction of sp³-hybridized carbons (Fsp3) is 0.556. The van der Waals surface area contributed by atoms with Crippen LogP contribution >= 0.6 is 0 Å². The maximum absolute atomic E-state index is 11.4. The van der Waals surface area contributed by atoms with Gasteiger partial charge in [-0.1, -0.05) is 0 Å². The van der Waals surface area contributed by atoms with Gasteiger partial charge >= 0.3 is 5.97 Å². The minimum atomic E-state index is -0.573. The molecule has 1 amide bonds. The highest BCUT2D eigenvalue weighted by molar-refractivity contribution is 6.04. The monoisotopic (exact) mass is 197 g/mol. The third-order valence-electron chi connectivity index (χ3n) is 2.13. The van der Waals surface area contributed by atoms with Crippen molar-refractivity contribution in [1.82, 2.24) is 5.32 Å². The molecule has 0 aromatic carbocycles. The first-order valence-corrected chi connectivity index (χ1v) is 4.37. The quantitative estimate of drug-likeness (QED) is 0.542. The van der Waals surface area contributed by atoms with Crippen LogP contribution in [0.25, 0.3) is 0 Å². The molecule has 1 N–H and O–H groups in total. The zero-order chi connectivity index (χ0) is 10.3. The fourth-order valence-corrected chi connectivity index (χ4v) is 1.38. The summed E-state index contributed by atoms with van der Waals surface area (Å²) in [6.07, 6.45) is 0. The van der Waals surface area contributed by atoms with Crippen molar-refractivity contribution in [2.24, 2.45) is 0 Å². The summed E-state index contributed by atoms with van der Waals surface area (Å²) >= 11 is 0. The van der Waals surface area contributed by atoms with Crippen LogP contribution in [-0.4, -0.2) is 30.6 Å². The van der Waals surface area contributed by atoms with Gasteiger partial charge in [0.2, 0.25) is 5.76 Å². The Morgan fingerprint density at radius 1 is 1.36 bits per heavy atom. The largest absolute Gasteiger partial charge is 0.478 e. The summed E-state index contributed by atoms with van der Waals surface area (Å²) in [5, 5.41) is 2.67. The van der Waals surface area contributed by atoms with Gasteiger partial charge in [-0.2, -0.15) is 0 Å². The lowest BCUT2D eigenvalue weighted by molar-refractivity contribution is -0.141. The molecule has 0 aromatic rings. The molecule has 76 valence electrons. The Balaban J connectivity index is 2.38. The van der Waals surface area contributed by atoms with Crippen LogP contribution in [0.3, 0.4) is 0 Å². The van der Waals surface area contributed by atoms with E-state index in [4.69, 9.17) is 9.47 Å². The Bertz CT molecular complexity index is 343. The van der Waals surface area contributed by atoms with Gasteiger partial charge < -0.3 is 14.8 Å². The van der Waals surface area contributed by atoms with Crippen molar-refractivity contribution in [3.05, 3.63) is 11.3 Å². The van der Waals surface area contributed by atoms with Crippen molar-refractivity contribution in [2.75, 3.05) is 13.2 Å². The maximum Gasteiger partial charge on any atom is 0.374 e. The van der Waals surface area contributed by atoms with E-state index in [1.165, 1.54) is 0 Å². The minimum Gasteiger partial charge on any atom is -0.478 e. The summed E-state index contributed by atoms with van der Waals surface area (Å²) in [4.78, 5) is 22.7. The zero-order valence-electron chi connectivity index (χ0n) is 8.05. The molecule has 2 aliphatic rings. The van der Waals surface area contributed by atoms with Gasteiger partial charge in [-0.3, -0.25) is 4.79 Å². The van der Waals surface area contributed by atoms with Crippen LogP contribution in [-0.2, 0) is 19.1 Å². The van der Waals surface area contributed by atoms with E-state index in [1.54, 1.807) is 13.8 Å². The van der Waals surface area contributed by atoms with Crippen LogP contribution in [0.15, 0.2) is 11.3 Å². The molecule has 0 aromatic heterocycles. The third-order valence-corrected chi connectivity index (χ3v) is 2.13. The van der Waals surface area contributed by atoms with E-state index in [0.717, 1.165) is 0 Å². The number of hydrogen-bond donors (Lipinski definition) is 1. The van der Waals surface area contributed by atoms with Crippen LogP contribution in [0, 0.1) is 0 Å². The third kappa shape index (κ3) is 1.34. The molecule has 0 spiro atoms. The van der Waals surface area contributed by atoms with E-state index in [0.29, 0.717) is 12.1 Å². The lowest BCUT2D eigenvalue weighted by Gasteiger charge is -2.23. The number of carbonyl (C=O) groups excluding carboxylic acids is 2. The average molecular weight is 197 g/mol. The van der Waals surface area contributed by atoms with Crippen molar-refractivity contribution in [2.45, 2.75) is 19.4 Å². The SMILES string of the molecule is CC1(C)CNC(=O)C2=C(O1)C(=O)OC2. The Kier molecular flexibility index (Phi) is 1.77. The molecule has 0 radical (unpaired) electrons. The highest BCUT2D eigenvalue weighted by atomic mass is 16.6. The second kappa shape index (κ2) is 2.73. The van der Waals surface area contributed by atoms with Crippen molar-refractivity contribution in [3.63, 3.8) is 0 Å². The lowest BCUT2D eigenvalue weighted by Crippen LogP contribution is -2.38. The summed E-state index contributed by atoms with van der Waals surface area (Å²) < 4.78 is 10.1. The van der Waals surface area contributed by atoms with Crippen molar-refractivity contribution >= 4 is 11.9 Å². The molecule has 0 aliphatic carbocycles.